The minimum atomic E-state index is -0.258. The Balaban J connectivity index is 2.26. The molecule has 1 aromatic carbocycles. The van der Waals surface area contributed by atoms with Crippen molar-refractivity contribution in [2.75, 3.05) is 7.11 Å². The van der Waals surface area contributed by atoms with Crippen molar-refractivity contribution in [2.45, 2.75) is 46.1 Å². The molecule has 0 radical (unpaired) electrons. The fraction of sp³-hybridized carbons (Fsp3) is 0.500. The van der Waals surface area contributed by atoms with Crippen LogP contribution in [0.4, 0.5) is 0 Å². The molecule has 0 N–H and O–H groups in total. The van der Waals surface area contributed by atoms with E-state index in [0.717, 1.165) is 12.8 Å². The zero-order chi connectivity index (χ0) is 15.1. The minimum absolute atomic E-state index is 0.258. The predicted octanol–water partition coefficient (Wildman–Crippen LogP) is 4.13. The molecule has 1 unspecified atom stereocenters. The highest BCUT2D eigenvalue weighted by atomic mass is 16.5. The first-order chi connectivity index (χ1) is 10.0. The van der Waals surface area contributed by atoms with Crippen LogP contribution in [-0.2, 0) is 17.6 Å². The summed E-state index contributed by atoms with van der Waals surface area (Å²) in [7, 11) is 1.43. The van der Waals surface area contributed by atoms with Gasteiger partial charge in [-0.1, -0.05) is 6.92 Å². The van der Waals surface area contributed by atoms with Crippen LogP contribution in [0.2, 0.25) is 0 Å². The molecule has 1 heterocycles. The molecule has 1 aromatic heterocycles. The number of rotatable bonds is 2. The average Bonchev–Trinajstić information content (AvgIpc) is 2.79. The Hall–Kier alpha value is -1.77. The van der Waals surface area contributed by atoms with E-state index in [1.165, 1.54) is 35.7 Å². The summed E-state index contributed by atoms with van der Waals surface area (Å²) in [4.78, 5) is 11.8. The summed E-state index contributed by atoms with van der Waals surface area (Å²) in [6.07, 6.45) is 3.49. The molecule has 1 atom stereocenters. The van der Waals surface area contributed by atoms with Crippen molar-refractivity contribution in [1.29, 1.82) is 0 Å². The van der Waals surface area contributed by atoms with Gasteiger partial charge in [0.25, 0.3) is 0 Å². The SMILES string of the molecule is COC(=O)c1ccc2c(c1)c1c(n2C(C)C)CCC(C)C1. The zero-order valence-corrected chi connectivity index (χ0v) is 13.3. The third-order valence-corrected chi connectivity index (χ3v) is 4.58. The Labute approximate surface area is 125 Å². The lowest BCUT2D eigenvalue weighted by Gasteiger charge is -2.22. The summed E-state index contributed by atoms with van der Waals surface area (Å²) in [6, 6.07) is 6.40. The van der Waals surface area contributed by atoms with Crippen molar-refractivity contribution in [3.05, 3.63) is 35.0 Å². The fourth-order valence-corrected chi connectivity index (χ4v) is 3.60. The van der Waals surface area contributed by atoms with Gasteiger partial charge >= 0.3 is 5.97 Å². The van der Waals surface area contributed by atoms with Crippen molar-refractivity contribution >= 4 is 16.9 Å². The lowest BCUT2D eigenvalue weighted by Crippen LogP contribution is -2.14. The molecule has 1 aliphatic carbocycles. The number of benzene rings is 1. The van der Waals surface area contributed by atoms with Crippen LogP contribution in [-0.4, -0.2) is 17.6 Å². The van der Waals surface area contributed by atoms with E-state index >= 15 is 0 Å². The first kappa shape index (κ1) is 14.2. The summed E-state index contributed by atoms with van der Waals surface area (Å²) in [6.45, 7) is 6.77. The van der Waals surface area contributed by atoms with Gasteiger partial charge in [0.1, 0.15) is 0 Å². The Bertz CT molecular complexity index is 697. The van der Waals surface area contributed by atoms with Gasteiger partial charge in [-0.3, -0.25) is 0 Å². The Morgan fingerprint density at radius 1 is 1.38 bits per heavy atom. The van der Waals surface area contributed by atoms with Gasteiger partial charge in [0.15, 0.2) is 0 Å². The first-order valence-corrected chi connectivity index (χ1v) is 7.77. The van der Waals surface area contributed by atoms with Crippen molar-refractivity contribution < 1.29 is 9.53 Å². The zero-order valence-electron chi connectivity index (χ0n) is 13.3. The van der Waals surface area contributed by atoms with E-state index < -0.39 is 0 Å². The third kappa shape index (κ3) is 2.25. The fourth-order valence-electron chi connectivity index (χ4n) is 3.60. The number of esters is 1. The maximum atomic E-state index is 11.8. The second-order valence-corrected chi connectivity index (χ2v) is 6.46. The number of nitrogens with zero attached hydrogens (tertiary/aromatic N) is 1. The summed E-state index contributed by atoms with van der Waals surface area (Å²) in [5, 5.41) is 1.23. The van der Waals surface area contributed by atoms with Gasteiger partial charge < -0.3 is 9.30 Å². The summed E-state index contributed by atoms with van der Waals surface area (Å²) in [5.74, 6) is 0.456. The molecule has 3 nitrogen and oxygen atoms in total. The lowest BCUT2D eigenvalue weighted by molar-refractivity contribution is 0.0601. The molecule has 0 saturated heterocycles. The van der Waals surface area contributed by atoms with E-state index in [-0.39, 0.29) is 5.97 Å². The Morgan fingerprint density at radius 2 is 2.14 bits per heavy atom. The maximum Gasteiger partial charge on any atom is 0.337 e. The molecule has 1 aliphatic rings. The molecule has 0 spiro atoms. The number of methoxy groups -OCH3 is 1. The standard InChI is InChI=1S/C18H23NO2/c1-11(2)19-16-7-5-12(3)9-14(16)15-10-13(18(20)21-4)6-8-17(15)19/h6,8,10-12H,5,7,9H2,1-4H3. The van der Waals surface area contributed by atoms with Crippen LogP contribution in [0, 0.1) is 5.92 Å². The second-order valence-electron chi connectivity index (χ2n) is 6.46. The van der Waals surface area contributed by atoms with Gasteiger partial charge in [-0.25, -0.2) is 4.79 Å². The highest BCUT2D eigenvalue weighted by Gasteiger charge is 2.25. The number of fused-ring (bicyclic) bond motifs is 3. The van der Waals surface area contributed by atoms with Crippen molar-refractivity contribution in [3.8, 4) is 0 Å². The van der Waals surface area contributed by atoms with Crippen molar-refractivity contribution in [3.63, 3.8) is 0 Å². The maximum absolute atomic E-state index is 11.8. The molecular weight excluding hydrogens is 262 g/mol. The molecule has 0 saturated carbocycles. The van der Waals surface area contributed by atoms with Gasteiger partial charge in [0.2, 0.25) is 0 Å². The van der Waals surface area contributed by atoms with Crippen LogP contribution in [0.15, 0.2) is 18.2 Å². The number of carbonyl (C=O) groups is 1. The molecule has 0 aliphatic heterocycles. The van der Waals surface area contributed by atoms with Crippen LogP contribution < -0.4 is 0 Å². The highest BCUT2D eigenvalue weighted by molar-refractivity contribution is 5.96. The van der Waals surface area contributed by atoms with Crippen LogP contribution in [0.5, 0.6) is 0 Å². The first-order valence-electron chi connectivity index (χ1n) is 7.77. The van der Waals surface area contributed by atoms with E-state index in [1.807, 2.05) is 12.1 Å². The van der Waals surface area contributed by atoms with E-state index in [2.05, 4.69) is 31.4 Å². The molecule has 0 bridgehead atoms. The number of aromatic nitrogens is 1. The molecule has 2 aromatic rings. The molecule has 112 valence electrons. The van der Waals surface area contributed by atoms with Gasteiger partial charge in [-0.05, 0) is 62.8 Å². The monoisotopic (exact) mass is 285 g/mol. The number of hydrogen-bond acceptors (Lipinski definition) is 2. The smallest absolute Gasteiger partial charge is 0.337 e. The van der Waals surface area contributed by atoms with Crippen molar-refractivity contribution in [2.24, 2.45) is 5.92 Å². The third-order valence-electron chi connectivity index (χ3n) is 4.58. The van der Waals surface area contributed by atoms with Gasteiger partial charge in [-0.15, -0.1) is 0 Å². The van der Waals surface area contributed by atoms with E-state index in [1.54, 1.807) is 0 Å². The van der Waals surface area contributed by atoms with Crippen molar-refractivity contribution in [1.82, 2.24) is 4.57 Å². The highest BCUT2D eigenvalue weighted by Crippen LogP contribution is 2.36. The van der Waals surface area contributed by atoms with Crippen LogP contribution in [0.3, 0.4) is 0 Å². The molecule has 3 rings (SSSR count). The lowest BCUT2D eigenvalue weighted by atomic mass is 9.87. The normalized spacial score (nSPS) is 18.0. The molecule has 21 heavy (non-hydrogen) atoms. The predicted molar refractivity (Wildman–Crippen MR) is 84.9 cm³/mol. The topological polar surface area (TPSA) is 31.2 Å². The minimum Gasteiger partial charge on any atom is -0.465 e. The van der Waals surface area contributed by atoms with E-state index in [9.17, 15) is 4.79 Å². The molecule has 0 amide bonds. The number of carbonyl (C=O) groups excluding carboxylic acids is 1. The quantitative estimate of drug-likeness (QED) is 0.777. The summed E-state index contributed by atoms with van der Waals surface area (Å²) < 4.78 is 7.30. The van der Waals surface area contributed by atoms with E-state index in [0.29, 0.717) is 17.5 Å². The largest absolute Gasteiger partial charge is 0.465 e. The van der Waals surface area contributed by atoms with Gasteiger partial charge in [0.05, 0.1) is 12.7 Å². The van der Waals surface area contributed by atoms with E-state index in [4.69, 9.17) is 4.74 Å². The van der Waals surface area contributed by atoms with Crippen LogP contribution in [0.1, 0.15) is 54.8 Å². The Morgan fingerprint density at radius 3 is 2.81 bits per heavy atom. The van der Waals surface area contributed by atoms with Crippen LogP contribution in [0.25, 0.3) is 10.9 Å². The number of ether oxygens (including phenoxy) is 1. The van der Waals surface area contributed by atoms with Crippen LogP contribution >= 0.6 is 0 Å². The molecule has 3 heteroatoms. The molecule has 0 fully saturated rings. The number of hydrogen-bond donors (Lipinski definition) is 0. The average molecular weight is 285 g/mol. The second kappa shape index (κ2) is 5.21. The Kier molecular flexibility index (Phi) is 3.52. The van der Waals surface area contributed by atoms with Gasteiger partial charge in [-0.2, -0.15) is 0 Å². The molecular formula is C18H23NO2. The summed E-state index contributed by atoms with van der Waals surface area (Å²) in [5.41, 5.74) is 4.78. The summed E-state index contributed by atoms with van der Waals surface area (Å²) >= 11 is 0. The van der Waals surface area contributed by atoms with Gasteiger partial charge in [0, 0.05) is 22.6 Å².